The highest BCUT2D eigenvalue weighted by Gasteiger charge is 2.30. The molecule has 4 rings (SSSR count). The van der Waals surface area contributed by atoms with Gasteiger partial charge in [0.25, 0.3) is 11.2 Å². The zero-order valence-electron chi connectivity index (χ0n) is 18.0. The molecule has 0 bridgehead atoms. The first-order chi connectivity index (χ1) is 15.8. The van der Waals surface area contributed by atoms with Crippen molar-refractivity contribution >= 4 is 23.1 Å². The molecule has 8 nitrogen and oxygen atoms in total. The number of allylic oxidation sites excluding steroid dienone is 2. The van der Waals surface area contributed by atoms with E-state index in [1.165, 1.54) is 23.5 Å². The van der Waals surface area contributed by atoms with E-state index in [0.717, 1.165) is 5.56 Å². The summed E-state index contributed by atoms with van der Waals surface area (Å²) in [6.07, 6.45) is 1.74. The summed E-state index contributed by atoms with van der Waals surface area (Å²) >= 11 is 1.25. The molecule has 0 saturated carbocycles. The van der Waals surface area contributed by atoms with Gasteiger partial charge in [0.05, 0.1) is 22.1 Å². The van der Waals surface area contributed by atoms with Gasteiger partial charge in [-0.25, -0.2) is 4.99 Å². The van der Waals surface area contributed by atoms with Crippen LogP contribution in [0.3, 0.4) is 0 Å². The molecule has 1 unspecified atom stereocenters. The molecule has 1 aliphatic rings. The van der Waals surface area contributed by atoms with Gasteiger partial charge in [-0.1, -0.05) is 30.0 Å². The third-order valence-electron chi connectivity index (χ3n) is 5.25. The van der Waals surface area contributed by atoms with E-state index in [9.17, 15) is 20.0 Å². The number of non-ortho nitro benzene ring substituents is 1. The molecule has 2 heterocycles. The first-order valence-corrected chi connectivity index (χ1v) is 11.0. The summed E-state index contributed by atoms with van der Waals surface area (Å²) in [6, 6.07) is 12.0. The van der Waals surface area contributed by atoms with Crippen molar-refractivity contribution in [1.82, 2.24) is 4.57 Å². The summed E-state index contributed by atoms with van der Waals surface area (Å²) in [6.45, 7) is 8.10. The molecule has 9 heteroatoms. The third-order valence-corrected chi connectivity index (χ3v) is 6.23. The lowest BCUT2D eigenvalue weighted by molar-refractivity contribution is -0.384. The minimum absolute atomic E-state index is 0.0376. The van der Waals surface area contributed by atoms with Gasteiger partial charge < -0.3 is 9.84 Å². The Hall–Kier alpha value is -3.98. The van der Waals surface area contributed by atoms with Crippen LogP contribution in [0.5, 0.6) is 5.75 Å². The zero-order valence-corrected chi connectivity index (χ0v) is 18.8. The number of aromatic nitrogens is 1. The summed E-state index contributed by atoms with van der Waals surface area (Å²) in [4.78, 5) is 29.3. The fourth-order valence-corrected chi connectivity index (χ4v) is 4.79. The second kappa shape index (κ2) is 8.87. The van der Waals surface area contributed by atoms with Gasteiger partial charge in [-0.05, 0) is 55.3 Å². The van der Waals surface area contributed by atoms with E-state index in [1.807, 2.05) is 13.8 Å². The predicted octanol–water partition coefficient (Wildman–Crippen LogP) is 3.40. The van der Waals surface area contributed by atoms with Crippen LogP contribution in [0.25, 0.3) is 6.08 Å². The van der Waals surface area contributed by atoms with Gasteiger partial charge in [-0.2, -0.15) is 0 Å². The standard InChI is InChI=1S/C24H21N3O5S/c1-4-32-15(3)21-14(2)25-24-26(22(21)17-7-9-18(10-8-17)27(30)31)23(29)20(33-24)13-16-5-11-19(28)12-6-16/h5-13,22,28H,3-4H2,1-2H3/b20-13-. The minimum Gasteiger partial charge on any atom is -0.508 e. The lowest BCUT2D eigenvalue weighted by Crippen LogP contribution is -2.38. The highest BCUT2D eigenvalue weighted by atomic mass is 32.1. The second-order valence-corrected chi connectivity index (χ2v) is 8.39. The maximum absolute atomic E-state index is 13.5. The maximum Gasteiger partial charge on any atom is 0.271 e. The number of benzene rings is 2. The molecule has 0 fully saturated rings. The molecule has 0 saturated heterocycles. The lowest BCUT2D eigenvalue weighted by atomic mass is 9.94. The van der Waals surface area contributed by atoms with Gasteiger partial charge in [-0.15, -0.1) is 0 Å². The molecule has 3 aromatic rings. The molecule has 0 spiro atoms. The predicted molar refractivity (Wildman–Crippen MR) is 126 cm³/mol. The van der Waals surface area contributed by atoms with Crippen molar-refractivity contribution in [1.29, 1.82) is 0 Å². The van der Waals surface area contributed by atoms with E-state index < -0.39 is 11.0 Å². The van der Waals surface area contributed by atoms with Crippen LogP contribution in [0.4, 0.5) is 5.69 Å². The monoisotopic (exact) mass is 463 g/mol. The number of rotatable bonds is 6. The minimum atomic E-state index is -0.594. The van der Waals surface area contributed by atoms with Crippen LogP contribution < -0.4 is 14.9 Å². The van der Waals surface area contributed by atoms with Crippen LogP contribution in [-0.4, -0.2) is 21.2 Å². The molecule has 168 valence electrons. The van der Waals surface area contributed by atoms with Crippen molar-refractivity contribution in [3.63, 3.8) is 0 Å². The smallest absolute Gasteiger partial charge is 0.271 e. The highest BCUT2D eigenvalue weighted by molar-refractivity contribution is 7.07. The Morgan fingerprint density at radius 1 is 1.27 bits per heavy atom. The molecule has 0 amide bonds. The largest absolute Gasteiger partial charge is 0.508 e. The molecule has 1 aromatic heterocycles. The maximum atomic E-state index is 13.5. The summed E-state index contributed by atoms with van der Waals surface area (Å²) < 4.78 is 7.72. The first-order valence-electron chi connectivity index (χ1n) is 10.2. The van der Waals surface area contributed by atoms with Crippen LogP contribution in [0.1, 0.15) is 31.0 Å². The normalized spacial score (nSPS) is 15.7. The molecule has 1 atom stereocenters. The quantitative estimate of drug-likeness (QED) is 0.343. The number of hydrogen-bond acceptors (Lipinski definition) is 7. The lowest BCUT2D eigenvalue weighted by Gasteiger charge is -2.27. The van der Waals surface area contributed by atoms with Gasteiger partial charge in [-0.3, -0.25) is 19.5 Å². The molecular formula is C24H21N3O5S. The van der Waals surface area contributed by atoms with Crippen LogP contribution in [0.2, 0.25) is 0 Å². The summed E-state index contributed by atoms with van der Waals surface area (Å²) in [5.41, 5.74) is 2.47. The van der Waals surface area contributed by atoms with Gasteiger partial charge >= 0.3 is 0 Å². The Labute approximate surface area is 192 Å². The van der Waals surface area contributed by atoms with Crippen LogP contribution in [0, 0.1) is 10.1 Å². The van der Waals surface area contributed by atoms with E-state index in [-0.39, 0.29) is 17.0 Å². The summed E-state index contributed by atoms with van der Waals surface area (Å²) in [5, 5.41) is 20.6. The Morgan fingerprint density at radius 3 is 2.55 bits per heavy atom. The van der Waals surface area contributed by atoms with Crippen molar-refractivity contribution < 1.29 is 14.8 Å². The number of ether oxygens (including phenoxy) is 1. The second-order valence-electron chi connectivity index (χ2n) is 7.38. The molecular weight excluding hydrogens is 442 g/mol. The molecule has 1 N–H and O–H groups in total. The summed E-state index contributed by atoms with van der Waals surface area (Å²) in [5.74, 6) is 0.538. The fraction of sp³-hybridized carbons (Fsp3) is 0.167. The fourth-order valence-electron chi connectivity index (χ4n) is 3.75. The Balaban J connectivity index is 1.93. The number of thiazole rings is 1. The van der Waals surface area contributed by atoms with Crippen LogP contribution in [0.15, 0.2) is 81.9 Å². The third kappa shape index (κ3) is 4.22. The van der Waals surface area contributed by atoms with Gasteiger partial charge in [0, 0.05) is 23.4 Å². The number of phenolic OH excluding ortho intramolecular Hbond substituents is 1. The Kier molecular flexibility index (Phi) is 5.97. The van der Waals surface area contributed by atoms with E-state index in [0.29, 0.717) is 38.5 Å². The number of nitro benzene ring substituents is 1. The first kappa shape index (κ1) is 22.2. The van der Waals surface area contributed by atoms with Gasteiger partial charge in [0.15, 0.2) is 4.80 Å². The molecule has 1 aliphatic heterocycles. The Morgan fingerprint density at radius 2 is 1.94 bits per heavy atom. The van der Waals surface area contributed by atoms with Gasteiger partial charge in [0.2, 0.25) is 0 Å². The van der Waals surface area contributed by atoms with E-state index >= 15 is 0 Å². The van der Waals surface area contributed by atoms with Crippen LogP contribution >= 0.6 is 11.3 Å². The van der Waals surface area contributed by atoms with Crippen molar-refractivity contribution in [2.45, 2.75) is 19.9 Å². The number of aromatic hydroxyl groups is 1. The number of nitro groups is 1. The molecule has 2 aromatic carbocycles. The van der Waals surface area contributed by atoms with Crippen LogP contribution in [-0.2, 0) is 4.74 Å². The van der Waals surface area contributed by atoms with Gasteiger partial charge in [0.1, 0.15) is 11.5 Å². The SMILES string of the molecule is C=C(OCC)C1=C(C)N=c2s/c(=C\c3ccc(O)cc3)c(=O)n2C1c1ccc([N+](=O)[O-])cc1. The van der Waals surface area contributed by atoms with E-state index in [2.05, 4.69) is 11.6 Å². The van der Waals surface area contributed by atoms with Crippen molar-refractivity contribution in [2.75, 3.05) is 6.61 Å². The van der Waals surface area contributed by atoms with Crippen molar-refractivity contribution in [3.05, 3.63) is 113 Å². The van der Waals surface area contributed by atoms with Crippen molar-refractivity contribution in [2.24, 2.45) is 4.99 Å². The molecule has 33 heavy (non-hydrogen) atoms. The average molecular weight is 464 g/mol. The molecule has 0 aliphatic carbocycles. The van der Waals surface area contributed by atoms with Crippen molar-refractivity contribution in [3.8, 4) is 5.75 Å². The van der Waals surface area contributed by atoms with E-state index in [1.54, 1.807) is 47.0 Å². The number of hydrogen-bond donors (Lipinski definition) is 1. The number of nitrogens with zero attached hydrogens (tertiary/aromatic N) is 3. The molecule has 0 radical (unpaired) electrons. The average Bonchev–Trinajstić information content (AvgIpc) is 3.09. The number of phenols is 1. The summed E-state index contributed by atoms with van der Waals surface area (Å²) in [7, 11) is 0. The zero-order chi connectivity index (χ0) is 23.7. The highest BCUT2D eigenvalue weighted by Crippen LogP contribution is 2.35. The Bertz CT molecular complexity index is 1450. The van der Waals surface area contributed by atoms with E-state index in [4.69, 9.17) is 4.74 Å². The number of fused-ring (bicyclic) bond motifs is 1. The topological polar surface area (TPSA) is 107 Å².